The van der Waals surface area contributed by atoms with E-state index in [1.807, 2.05) is 11.0 Å². The molecule has 2 aliphatic heterocycles. The van der Waals surface area contributed by atoms with Crippen molar-refractivity contribution < 1.29 is 28.3 Å². The summed E-state index contributed by atoms with van der Waals surface area (Å²) in [6.45, 7) is 7.03. The van der Waals surface area contributed by atoms with E-state index in [4.69, 9.17) is 19.3 Å². The molecule has 2 saturated heterocycles. The minimum Gasteiger partial charge on any atom is -0.444 e. The molecule has 2 amide bonds. The van der Waals surface area contributed by atoms with E-state index in [1.54, 1.807) is 57.3 Å². The van der Waals surface area contributed by atoms with Gasteiger partial charge in [-0.25, -0.2) is 24.5 Å². The largest absolute Gasteiger partial charge is 0.444 e. The Balaban J connectivity index is 1.42. The summed E-state index contributed by atoms with van der Waals surface area (Å²) in [4.78, 5) is 37.1. The third-order valence-corrected chi connectivity index (χ3v) is 7.94. The van der Waals surface area contributed by atoms with Gasteiger partial charge in [-0.1, -0.05) is 18.2 Å². The van der Waals surface area contributed by atoms with Crippen LogP contribution < -0.4 is 15.7 Å². The van der Waals surface area contributed by atoms with Gasteiger partial charge in [-0.3, -0.25) is 4.79 Å². The van der Waals surface area contributed by atoms with Gasteiger partial charge in [0.15, 0.2) is 6.29 Å². The number of hydroxylamine groups is 1. The van der Waals surface area contributed by atoms with Crippen LogP contribution in [0.25, 0.3) is 22.3 Å². The van der Waals surface area contributed by atoms with E-state index < -0.39 is 29.7 Å². The van der Waals surface area contributed by atoms with Crippen molar-refractivity contribution in [2.24, 2.45) is 0 Å². The van der Waals surface area contributed by atoms with Crippen LogP contribution in [0.1, 0.15) is 74.4 Å². The number of piperidine rings is 1. The molecular weight excluding hydrogens is 603 g/mol. The van der Waals surface area contributed by atoms with Gasteiger partial charge in [0.05, 0.1) is 5.56 Å². The van der Waals surface area contributed by atoms with Crippen molar-refractivity contribution in [2.45, 2.75) is 70.8 Å². The standard InChI is InChI=1S/C35H37FN6O5/c1-35(2,3)46-34(44)40-26-13-15-42(16-14-26)32-27(20-38)31(24-11-12-25(19-37)29(36)18-24)28(21-39-32)22-7-9-23(10-8-22)33(43)41-47-30-6-4-5-17-45-30/h7-12,18,21,26,30H,4-6,13-17H2,1-3H3,(H,40,44)(H,41,43). The first-order valence-corrected chi connectivity index (χ1v) is 15.6. The topological polar surface area (TPSA) is 150 Å². The Bertz CT molecular complexity index is 1700. The number of hydrogen-bond donors (Lipinski definition) is 2. The highest BCUT2D eigenvalue weighted by molar-refractivity contribution is 5.95. The number of rotatable bonds is 7. The lowest BCUT2D eigenvalue weighted by Gasteiger charge is -2.34. The fourth-order valence-corrected chi connectivity index (χ4v) is 5.62. The summed E-state index contributed by atoms with van der Waals surface area (Å²) < 4.78 is 25.8. The molecule has 1 unspecified atom stereocenters. The van der Waals surface area contributed by atoms with Crippen LogP contribution in [0.2, 0.25) is 0 Å². The summed E-state index contributed by atoms with van der Waals surface area (Å²) in [5.41, 5.74) is 4.37. The second kappa shape index (κ2) is 14.6. The van der Waals surface area contributed by atoms with E-state index in [9.17, 15) is 24.5 Å². The average molecular weight is 641 g/mol. The molecule has 1 aromatic heterocycles. The van der Waals surface area contributed by atoms with E-state index in [0.717, 1.165) is 12.8 Å². The second-order valence-electron chi connectivity index (χ2n) is 12.5. The third-order valence-electron chi connectivity index (χ3n) is 7.94. The predicted molar refractivity (Wildman–Crippen MR) is 171 cm³/mol. The number of benzene rings is 2. The summed E-state index contributed by atoms with van der Waals surface area (Å²) in [5.74, 6) is -0.707. The van der Waals surface area contributed by atoms with E-state index in [0.29, 0.717) is 72.6 Å². The maximum atomic E-state index is 14.9. The Morgan fingerprint density at radius 3 is 2.36 bits per heavy atom. The Morgan fingerprint density at radius 1 is 1.02 bits per heavy atom. The number of nitriles is 2. The van der Waals surface area contributed by atoms with Gasteiger partial charge in [0.25, 0.3) is 5.91 Å². The highest BCUT2D eigenvalue weighted by Gasteiger charge is 2.28. The van der Waals surface area contributed by atoms with Crippen molar-refractivity contribution in [3.05, 3.63) is 71.2 Å². The van der Waals surface area contributed by atoms with Crippen LogP contribution >= 0.6 is 0 Å². The molecule has 0 aliphatic carbocycles. The first-order chi connectivity index (χ1) is 22.6. The average Bonchev–Trinajstić information content (AvgIpc) is 3.06. The Morgan fingerprint density at radius 2 is 1.74 bits per heavy atom. The highest BCUT2D eigenvalue weighted by atomic mass is 19.1. The molecule has 244 valence electrons. The number of anilines is 1. The number of carbonyl (C=O) groups excluding carboxylic acids is 2. The van der Waals surface area contributed by atoms with Crippen LogP contribution in [0, 0.1) is 28.5 Å². The van der Waals surface area contributed by atoms with Crippen LogP contribution in [0.4, 0.5) is 15.0 Å². The molecule has 2 aromatic carbocycles. The van der Waals surface area contributed by atoms with Crippen molar-refractivity contribution in [3.63, 3.8) is 0 Å². The molecule has 3 aromatic rings. The summed E-state index contributed by atoms with van der Waals surface area (Å²) in [6.07, 6.45) is 4.50. The van der Waals surface area contributed by atoms with Crippen molar-refractivity contribution >= 4 is 17.8 Å². The molecule has 11 nitrogen and oxygen atoms in total. The fourth-order valence-electron chi connectivity index (χ4n) is 5.62. The molecule has 2 N–H and O–H groups in total. The lowest BCUT2D eigenvalue weighted by molar-refractivity contribution is -0.186. The van der Waals surface area contributed by atoms with Crippen molar-refractivity contribution in [2.75, 3.05) is 24.6 Å². The van der Waals surface area contributed by atoms with Gasteiger partial charge in [-0.05, 0) is 81.8 Å². The minimum atomic E-state index is -0.707. The zero-order chi connectivity index (χ0) is 33.6. The molecule has 12 heteroatoms. The van der Waals surface area contributed by atoms with Gasteiger partial charge >= 0.3 is 6.09 Å². The normalized spacial score (nSPS) is 16.9. The van der Waals surface area contributed by atoms with E-state index >= 15 is 0 Å². The molecule has 0 spiro atoms. The minimum absolute atomic E-state index is 0.102. The van der Waals surface area contributed by atoms with Gasteiger partial charge in [0.1, 0.15) is 34.9 Å². The van der Waals surface area contributed by atoms with Crippen LogP contribution in [0.5, 0.6) is 0 Å². The number of halogens is 1. The fraction of sp³-hybridized carbons (Fsp3) is 0.400. The Labute approximate surface area is 273 Å². The SMILES string of the molecule is CC(C)(C)OC(=O)NC1CCN(c2ncc(-c3ccc(C(=O)NOC4CCCCO4)cc3)c(-c3ccc(C#N)c(F)c3)c2C#N)CC1. The van der Waals surface area contributed by atoms with Gasteiger partial charge in [0, 0.05) is 55.0 Å². The molecule has 47 heavy (non-hydrogen) atoms. The van der Waals surface area contributed by atoms with Crippen molar-refractivity contribution in [1.82, 2.24) is 15.8 Å². The maximum absolute atomic E-state index is 14.9. The molecule has 2 aliphatic rings. The maximum Gasteiger partial charge on any atom is 0.407 e. The lowest BCUT2D eigenvalue weighted by Crippen LogP contribution is -2.46. The van der Waals surface area contributed by atoms with Gasteiger partial charge in [-0.15, -0.1) is 0 Å². The Hall–Kier alpha value is -5.04. The summed E-state index contributed by atoms with van der Waals surface area (Å²) in [6, 6.07) is 15.0. The molecular formula is C35H37FN6O5. The number of amides is 2. The summed E-state index contributed by atoms with van der Waals surface area (Å²) in [5, 5.41) is 22.7. The number of ether oxygens (including phenoxy) is 2. The quantitative estimate of drug-likeness (QED) is 0.297. The molecule has 0 bridgehead atoms. The van der Waals surface area contributed by atoms with Gasteiger partial charge < -0.3 is 19.7 Å². The van der Waals surface area contributed by atoms with Gasteiger partial charge in [0.2, 0.25) is 0 Å². The molecule has 5 rings (SSSR count). The third kappa shape index (κ3) is 8.22. The number of nitrogens with one attached hydrogen (secondary N) is 2. The van der Waals surface area contributed by atoms with Crippen molar-refractivity contribution in [1.29, 1.82) is 10.5 Å². The number of alkyl carbamates (subject to hydrolysis) is 1. The van der Waals surface area contributed by atoms with Crippen LogP contribution in [0.3, 0.4) is 0 Å². The highest BCUT2D eigenvalue weighted by Crippen LogP contribution is 2.39. The summed E-state index contributed by atoms with van der Waals surface area (Å²) in [7, 11) is 0. The van der Waals surface area contributed by atoms with Crippen molar-refractivity contribution in [3.8, 4) is 34.4 Å². The number of carbonyl (C=O) groups is 2. The second-order valence-corrected chi connectivity index (χ2v) is 12.5. The van der Waals surface area contributed by atoms with Crippen LogP contribution in [0.15, 0.2) is 48.7 Å². The molecule has 0 saturated carbocycles. The first kappa shape index (κ1) is 33.3. The van der Waals surface area contributed by atoms with E-state index in [1.165, 1.54) is 12.1 Å². The smallest absolute Gasteiger partial charge is 0.407 e. The van der Waals surface area contributed by atoms with Crippen LogP contribution in [-0.4, -0.2) is 54.6 Å². The number of aromatic nitrogens is 1. The molecule has 1 atom stereocenters. The molecule has 2 fully saturated rings. The predicted octanol–water partition coefficient (Wildman–Crippen LogP) is 5.98. The lowest BCUT2D eigenvalue weighted by atomic mass is 9.91. The van der Waals surface area contributed by atoms with Crippen LogP contribution in [-0.2, 0) is 14.3 Å². The molecule has 0 radical (unpaired) electrons. The molecule has 3 heterocycles. The zero-order valence-electron chi connectivity index (χ0n) is 26.6. The first-order valence-electron chi connectivity index (χ1n) is 15.6. The number of hydrogen-bond acceptors (Lipinski definition) is 9. The van der Waals surface area contributed by atoms with Gasteiger partial charge in [-0.2, -0.15) is 10.5 Å². The number of pyridine rings is 1. The van der Waals surface area contributed by atoms with E-state index in [2.05, 4.69) is 16.9 Å². The Kier molecular flexibility index (Phi) is 10.3. The zero-order valence-corrected chi connectivity index (χ0v) is 26.6. The number of nitrogens with zero attached hydrogens (tertiary/aromatic N) is 4. The monoisotopic (exact) mass is 640 g/mol. The summed E-state index contributed by atoms with van der Waals surface area (Å²) >= 11 is 0. The van der Waals surface area contributed by atoms with E-state index in [-0.39, 0.29) is 17.2 Å².